The van der Waals surface area contributed by atoms with Gasteiger partial charge in [0, 0.05) is 50.6 Å². The van der Waals surface area contributed by atoms with Gasteiger partial charge in [0.05, 0.1) is 17.6 Å². The quantitative estimate of drug-likeness (QED) is 0.665. The standard InChI is InChI=1S/C24H30N6O/c31-23(25-19-8-10-20(11-9-19)29-13-3-4-14-29)18-28-12-5-15-30(17-16-28)24-26-21-6-1-2-7-22(21)27-24/h1-2,6-11H,3-5,12-18H2,(H,25,31)(H,26,27). The maximum Gasteiger partial charge on any atom is 0.238 e. The highest BCUT2D eigenvalue weighted by atomic mass is 16.2. The number of amides is 1. The number of aromatic amines is 1. The van der Waals surface area contributed by atoms with Crippen LogP contribution in [0.25, 0.3) is 11.0 Å². The summed E-state index contributed by atoms with van der Waals surface area (Å²) in [4.78, 5) is 27.7. The minimum atomic E-state index is 0.0473. The lowest BCUT2D eigenvalue weighted by Crippen LogP contribution is -2.36. The number of hydrogen-bond acceptors (Lipinski definition) is 5. The lowest BCUT2D eigenvalue weighted by molar-refractivity contribution is -0.117. The Kier molecular flexibility index (Phi) is 5.76. The Labute approximate surface area is 183 Å². The van der Waals surface area contributed by atoms with Crippen molar-refractivity contribution in [2.45, 2.75) is 19.3 Å². The molecular weight excluding hydrogens is 388 g/mol. The molecule has 2 aliphatic heterocycles. The number of fused-ring (bicyclic) bond motifs is 1. The number of nitrogens with one attached hydrogen (secondary N) is 2. The third kappa shape index (κ3) is 4.66. The summed E-state index contributed by atoms with van der Waals surface area (Å²) < 4.78 is 0. The van der Waals surface area contributed by atoms with Gasteiger partial charge in [0.1, 0.15) is 0 Å². The Morgan fingerprint density at radius 1 is 0.871 bits per heavy atom. The summed E-state index contributed by atoms with van der Waals surface area (Å²) in [5.74, 6) is 0.969. The van der Waals surface area contributed by atoms with Gasteiger partial charge < -0.3 is 20.1 Å². The molecule has 0 aliphatic carbocycles. The van der Waals surface area contributed by atoms with Crippen LogP contribution >= 0.6 is 0 Å². The highest BCUT2D eigenvalue weighted by Gasteiger charge is 2.19. The molecule has 2 N–H and O–H groups in total. The molecule has 1 aromatic heterocycles. The zero-order valence-corrected chi connectivity index (χ0v) is 17.9. The summed E-state index contributed by atoms with van der Waals surface area (Å²) in [6.45, 7) is 6.24. The number of carbonyl (C=O) groups excluding carboxylic acids is 1. The van der Waals surface area contributed by atoms with Crippen molar-refractivity contribution in [1.29, 1.82) is 0 Å². The summed E-state index contributed by atoms with van der Waals surface area (Å²) in [5.41, 5.74) is 4.17. The molecule has 0 radical (unpaired) electrons. The molecule has 2 aliphatic rings. The highest BCUT2D eigenvalue weighted by molar-refractivity contribution is 5.92. The van der Waals surface area contributed by atoms with Gasteiger partial charge in [-0.25, -0.2) is 4.98 Å². The highest BCUT2D eigenvalue weighted by Crippen LogP contribution is 2.22. The van der Waals surface area contributed by atoms with Crippen molar-refractivity contribution in [2.75, 3.05) is 60.9 Å². The summed E-state index contributed by atoms with van der Waals surface area (Å²) in [5, 5.41) is 3.06. The van der Waals surface area contributed by atoms with Crippen LogP contribution in [-0.2, 0) is 4.79 Å². The Bertz CT molecular complexity index is 991. The van der Waals surface area contributed by atoms with Gasteiger partial charge >= 0.3 is 0 Å². The lowest BCUT2D eigenvalue weighted by Gasteiger charge is -2.21. The van der Waals surface area contributed by atoms with E-state index in [9.17, 15) is 4.79 Å². The second-order valence-corrected chi connectivity index (χ2v) is 8.48. The first kappa shape index (κ1) is 19.9. The third-order valence-electron chi connectivity index (χ3n) is 6.25. The molecule has 2 saturated heterocycles. The van der Waals surface area contributed by atoms with E-state index in [1.165, 1.54) is 18.5 Å². The van der Waals surface area contributed by atoms with Crippen LogP contribution in [0, 0.1) is 0 Å². The molecule has 5 rings (SSSR count). The van der Waals surface area contributed by atoms with Gasteiger partial charge in [-0.15, -0.1) is 0 Å². The van der Waals surface area contributed by atoms with E-state index in [4.69, 9.17) is 4.98 Å². The molecule has 31 heavy (non-hydrogen) atoms. The number of rotatable bonds is 5. The average Bonchev–Trinajstić information content (AvgIpc) is 3.41. The minimum Gasteiger partial charge on any atom is -0.372 e. The Morgan fingerprint density at radius 2 is 1.65 bits per heavy atom. The smallest absolute Gasteiger partial charge is 0.238 e. The number of nitrogens with zero attached hydrogens (tertiary/aromatic N) is 4. The van der Waals surface area contributed by atoms with E-state index in [0.717, 1.165) is 68.4 Å². The van der Waals surface area contributed by atoms with Crippen molar-refractivity contribution in [2.24, 2.45) is 0 Å². The molecule has 0 atom stereocenters. The Balaban J connectivity index is 1.14. The molecule has 0 unspecified atom stereocenters. The van der Waals surface area contributed by atoms with Crippen LogP contribution in [0.5, 0.6) is 0 Å². The zero-order chi connectivity index (χ0) is 21.0. The van der Waals surface area contributed by atoms with E-state index in [2.05, 4.69) is 43.2 Å². The second kappa shape index (κ2) is 8.98. The van der Waals surface area contributed by atoms with Gasteiger partial charge in [0.15, 0.2) is 0 Å². The predicted octanol–water partition coefficient (Wildman–Crippen LogP) is 3.31. The van der Waals surface area contributed by atoms with Crippen LogP contribution in [0.3, 0.4) is 0 Å². The predicted molar refractivity (Wildman–Crippen MR) is 126 cm³/mol. The van der Waals surface area contributed by atoms with E-state index in [0.29, 0.717) is 6.54 Å². The molecule has 7 heteroatoms. The number of para-hydroxylation sites is 2. The Hall–Kier alpha value is -3.06. The number of benzene rings is 2. The minimum absolute atomic E-state index is 0.0473. The van der Waals surface area contributed by atoms with Crippen molar-refractivity contribution in [3.05, 3.63) is 48.5 Å². The normalized spacial score (nSPS) is 17.8. The van der Waals surface area contributed by atoms with Crippen molar-refractivity contribution < 1.29 is 4.79 Å². The molecule has 7 nitrogen and oxygen atoms in total. The van der Waals surface area contributed by atoms with Gasteiger partial charge in [-0.2, -0.15) is 0 Å². The molecule has 2 aromatic carbocycles. The van der Waals surface area contributed by atoms with E-state index in [1.807, 2.05) is 30.3 Å². The van der Waals surface area contributed by atoms with Gasteiger partial charge in [0.2, 0.25) is 11.9 Å². The fourth-order valence-corrected chi connectivity index (χ4v) is 4.56. The van der Waals surface area contributed by atoms with Crippen molar-refractivity contribution in [3.8, 4) is 0 Å². The summed E-state index contributed by atoms with van der Waals surface area (Å²) in [6.07, 6.45) is 3.54. The van der Waals surface area contributed by atoms with E-state index in [1.54, 1.807) is 0 Å². The van der Waals surface area contributed by atoms with E-state index in [-0.39, 0.29) is 5.91 Å². The van der Waals surface area contributed by atoms with Crippen LogP contribution in [0.4, 0.5) is 17.3 Å². The molecular formula is C24H30N6O. The van der Waals surface area contributed by atoms with Gasteiger partial charge in [-0.05, 0) is 55.7 Å². The van der Waals surface area contributed by atoms with Crippen molar-refractivity contribution in [1.82, 2.24) is 14.9 Å². The number of hydrogen-bond donors (Lipinski definition) is 2. The molecule has 162 valence electrons. The third-order valence-corrected chi connectivity index (χ3v) is 6.25. The monoisotopic (exact) mass is 418 g/mol. The first-order chi connectivity index (χ1) is 15.2. The SMILES string of the molecule is O=C(CN1CCCN(c2nc3ccccc3[nH]2)CC1)Nc1ccc(N2CCCC2)cc1. The number of anilines is 3. The molecule has 2 fully saturated rings. The first-order valence-electron chi connectivity index (χ1n) is 11.3. The van der Waals surface area contributed by atoms with Crippen molar-refractivity contribution >= 4 is 34.3 Å². The summed E-state index contributed by atoms with van der Waals surface area (Å²) >= 11 is 0. The van der Waals surface area contributed by atoms with Crippen LogP contribution in [0.15, 0.2) is 48.5 Å². The number of aromatic nitrogens is 2. The first-order valence-corrected chi connectivity index (χ1v) is 11.3. The van der Waals surface area contributed by atoms with Crippen LogP contribution in [-0.4, -0.2) is 66.6 Å². The maximum absolute atomic E-state index is 12.6. The van der Waals surface area contributed by atoms with Crippen molar-refractivity contribution in [3.63, 3.8) is 0 Å². The molecule has 0 bridgehead atoms. The van der Waals surface area contributed by atoms with Gasteiger partial charge in [-0.3, -0.25) is 9.69 Å². The molecule has 1 amide bonds. The fourth-order valence-electron chi connectivity index (χ4n) is 4.56. The van der Waals surface area contributed by atoms with Gasteiger partial charge in [0.25, 0.3) is 0 Å². The second-order valence-electron chi connectivity index (χ2n) is 8.48. The van der Waals surface area contributed by atoms with E-state index >= 15 is 0 Å². The largest absolute Gasteiger partial charge is 0.372 e. The van der Waals surface area contributed by atoms with Crippen LogP contribution in [0.2, 0.25) is 0 Å². The summed E-state index contributed by atoms with van der Waals surface area (Å²) in [6, 6.07) is 16.4. The maximum atomic E-state index is 12.6. The number of imidazole rings is 1. The number of H-pyrrole nitrogens is 1. The molecule has 0 saturated carbocycles. The molecule has 3 heterocycles. The number of carbonyl (C=O) groups is 1. The van der Waals surface area contributed by atoms with Gasteiger partial charge in [-0.1, -0.05) is 12.1 Å². The molecule has 0 spiro atoms. The summed E-state index contributed by atoms with van der Waals surface area (Å²) in [7, 11) is 0. The zero-order valence-electron chi connectivity index (χ0n) is 17.9. The topological polar surface area (TPSA) is 67.5 Å². The molecule has 3 aromatic rings. The van der Waals surface area contributed by atoms with Crippen LogP contribution in [0.1, 0.15) is 19.3 Å². The fraction of sp³-hybridized carbons (Fsp3) is 0.417. The average molecular weight is 419 g/mol. The Morgan fingerprint density at radius 3 is 2.45 bits per heavy atom. The lowest BCUT2D eigenvalue weighted by atomic mass is 10.2. The van der Waals surface area contributed by atoms with E-state index < -0.39 is 0 Å². The van der Waals surface area contributed by atoms with Crippen LogP contribution < -0.4 is 15.1 Å².